The van der Waals surface area contributed by atoms with Crippen molar-refractivity contribution in [2.24, 2.45) is 0 Å². The van der Waals surface area contributed by atoms with Gasteiger partial charge < -0.3 is 10.2 Å². The van der Waals surface area contributed by atoms with Gasteiger partial charge in [0.25, 0.3) is 0 Å². The molecule has 0 saturated heterocycles. The van der Waals surface area contributed by atoms with Gasteiger partial charge in [-0.2, -0.15) is 0 Å². The number of nitrogens with one attached hydrogen (secondary N) is 1. The summed E-state index contributed by atoms with van der Waals surface area (Å²) in [5, 5.41) is 3.47. The third kappa shape index (κ3) is 6.17. The largest absolute Gasteiger partial charge is 0.313 e. The summed E-state index contributed by atoms with van der Waals surface area (Å²) in [5.41, 5.74) is 0.795. The fourth-order valence-corrected chi connectivity index (χ4v) is 2.28. The van der Waals surface area contributed by atoms with Crippen molar-refractivity contribution in [1.29, 1.82) is 0 Å². The second-order valence-corrected chi connectivity index (χ2v) is 5.08. The van der Waals surface area contributed by atoms with Crippen molar-refractivity contribution >= 4 is 0 Å². The zero-order valence-corrected chi connectivity index (χ0v) is 12.5. The Morgan fingerprint density at radius 2 is 1.95 bits per heavy atom. The first-order chi connectivity index (χ1) is 9.17. The van der Waals surface area contributed by atoms with Crippen molar-refractivity contribution in [2.45, 2.75) is 39.7 Å². The van der Waals surface area contributed by atoms with Crippen LogP contribution in [0.3, 0.4) is 0 Å². The van der Waals surface area contributed by atoms with Gasteiger partial charge in [0.1, 0.15) is 5.82 Å². The quantitative estimate of drug-likeness (QED) is 0.739. The van der Waals surface area contributed by atoms with E-state index in [-0.39, 0.29) is 5.82 Å². The van der Waals surface area contributed by atoms with E-state index in [1.807, 2.05) is 12.1 Å². The zero-order chi connectivity index (χ0) is 14.1. The van der Waals surface area contributed by atoms with Crippen LogP contribution in [0.1, 0.15) is 32.8 Å². The standard InChI is InChI=1S/C16H27FN2/c1-4-11-19(5-2)12-10-18-14(3)13-15-8-6-7-9-16(15)17/h6-9,14,18H,4-5,10-13H2,1-3H3. The molecule has 3 heteroatoms. The molecule has 0 heterocycles. The lowest BCUT2D eigenvalue weighted by Gasteiger charge is -2.21. The molecule has 0 aliphatic carbocycles. The maximum absolute atomic E-state index is 13.5. The Bertz CT molecular complexity index is 354. The van der Waals surface area contributed by atoms with Crippen LogP contribution in [0.2, 0.25) is 0 Å². The molecule has 2 nitrogen and oxygen atoms in total. The van der Waals surface area contributed by atoms with Crippen LogP contribution in [0.4, 0.5) is 4.39 Å². The van der Waals surface area contributed by atoms with Gasteiger partial charge in [-0.3, -0.25) is 0 Å². The maximum Gasteiger partial charge on any atom is 0.126 e. The second kappa shape index (κ2) is 9.05. The van der Waals surface area contributed by atoms with Crippen LogP contribution in [-0.4, -0.2) is 37.1 Å². The summed E-state index contributed by atoms with van der Waals surface area (Å²) in [4.78, 5) is 2.43. The smallest absolute Gasteiger partial charge is 0.126 e. The summed E-state index contributed by atoms with van der Waals surface area (Å²) in [7, 11) is 0. The monoisotopic (exact) mass is 266 g/mol. The van der Waals surface area contributed by atoms with Crippen molar-refractivity contribution < 1.29 is 4.39 Å². The summed E-state index contributed by atoms with van der Waals surface area (Å²) in [5.74, 6) is -0.0997. The molecule has 1 N–H and O–H groups in total. The highest BCUT2D eigenvalue weighted by Gasteiger charge is 2.07. The predicted octanol–water partition coefficient (Wildman–Crippen LogP) is 3.08. The summed E-state index contributed by atoms with van der Waals surface area (Å²) in [6, 6.07) is 7.33. The fourth-order valence-electron chi connectivity index (χ4n) is 2.28. The molecule has 1 rings (SSSR count). The van der Waals surface area contributed by atoms with Crippen LogP contribution in [0, 0.1) is 5.82 Å². The highest BCUT2D eigenvalue weighted by Crippen LogP contribution is 2.08. The highest BCUT2D eigenvalue weighted by atomic mass is 19.1. The minimum atomic E-state index is -0.0997. The Kier molecular flexibility index (Phi) is 7.68. The summed E-state index contributed by atoms with van der Waals surface area (Å²) >= 11 is 0. The van der Waals surface area contributed by atoms with E-state index in [1.165, 1.54) is 12.5 Å². The number of likely N-dealkylation sites (N-methyl/N-ethyl adjacent to an activating group) is 1. The third-order valence-corrected chi connectivity index (χ3v) is 3.39. The third-order valence-electron chi connectivity index (χ3n) is 3.39. The normalized spacial score (nSPS) is 12.9. The molecule has 0 bridgehead atoms. The Morgan fingerprint density at radius 1 is 1.21 bits per heavy atom. The van der Waals surface area contributed by atoms with Crippen molar-refractivity contribution in [3.63, 3.8) is 0 Å². The molecule has 1 aromatic carbocycles. The topological polar surface area (TPSA) is 15.3 Å². The van der Waals surface area contributed by atoms with Gasteiger partial charge in [-0.1, -0.05) is 32.0 Å². The SMILES string of the molecule is CCCN(CC)CCNC(C)Cc1ccccc1F. The van der Waals surface area contributed by atoms with E-state index in [0.29, 0.717) is 6.04 Å². The van der Waals surface area contributed by atoms with Crippen LogP contribution < -0.4 is 5.32 Å². The molecule has 0 aromatic heterocycles. The number of rotatable bonds is 9. The van der Waals surface area contributed by atoms with Gasteiger partial charge in [-0.25, -0.2) is 4.39 Å². The van der Waals surface area contributed by atoms with Crippen LogP contribution in [0.25, 0.3) is 0 Å². The fraction of sp³-hybridized carbons (Fsp3) is 0.625. The molecule has 0 saturated carbocycles. The maximum atomic E-state index is 13.5. The van der Waals surface area contributed by atoms with Crippen molar-refractivity contribution in [1.82, 2.24) is 10.2 Å². The molecular formula is C16H27FN2. The number of halogens is 1. The molecule has 19 heavy (non-hydrogen) atoms. The van der Waals surface area contributed by atoms with E-state index < -0.39 is 0 Å². The molecule has 0 radical (unpaired) electrons. The Labute approximate surface area is 117 Å². The molecule has 108 valence electrons. The number of benzene rings is 1. The van der Waals surface area contributed by atoms with E-state index in [9.17, 15) is 4.39 Å². The van der Waals surface area contributed by atoms with E-state index in [0.717, 1.165) is 38.2 Å². The Balaban J connectivity index is 2.28. The van der Waals surface area contributed by atoms with Gasteiger partial charge in [0.15, 0.2) is 0 Å². The van der Waals surface area contributed by atoms with Crippen molar-refractivity contribution in [3.05, 3.63) is 35.6 Å². The van der Waals surface area contributed by atoms with E-state index >= 15 is 0 Å². The molecule has 0 spiro atoms. The lowest BCUT2D eigenvalue weighted by atomic mass is 10.1. The molecular weight excluding hydrogens is 239 g/mol. The summed E-state index contributed by atoms with van der Waals surface area (Å²) in [6.07, 6.45) is 1.94. The summed E-state index contributed by atoms with van der Waals surface area (Å²) < 4.78 is 13.5. The van der Waals surface area contributed by atoms with Gasteiger partial charge in [-0.05, 0) is 44.5 Å². The number of hydrogen-bond acceptors (Lipinski definition) is 2. The molecule has 0 fully saturated rings. The Hall–Kier alpha value is -0.930. The highest BCUT2D eigenvalue weighted by molar-refractivity contribution is 5.18. The minimum Gasteiger partial charge on any atom is -0.313 e. The Morgan fingerprint density at radius 3 is 2.58 bits per heavy atom. The second-order valence-electron chi connectivity index (χ2n) is 5.08. The summed E-state index contributed by atoms with van der Waals surface area (Å²) in [6.45, 7) is 10.8. The average Bonchev–Trinajstić information content (AvgIpc) is 2.40. The number of hydrogen-bond donors (Lipinski definition) is 1. The first-order valence-electron chi connectivity index (χ1n) is 7.36. The number of nitrogens with zero attached hydrogens (tertiary/aromatic N) is 1. The van der Waals surface area contributed by atoms with Crippen molar-refractivity contribution in [2.75, 3.05) is 26.2 Å². The molecule has 0 aliphatic rings. The van der Waals surface area contributed by atoms with Gasteiger partial charge in [-0.15, -0.1) is 0 Å². The van der Waals surface area contributed by atoms with E-state index in [2.05, 4.69) is 31.0 Å². The lowest BCUT2D eigenvalue weighted by Crippen LogP contribution is -2.37. The average molecular weight is 266 g/mol. The van der Waals surface area contributed by atoms with E-state index in [4.69, 9.17) is 0 Å². The molecule has 0 aliphatic heterocycles. The first-order valence-corrected chi connectivity index (χ1v) is 7.36. The van der Waals surface area contributed by atoms with Gasteiger partial charge in [0.05, 0.1) is 0 Å². The lowest BCUT2D eigenvalue weighted by molar-refractivity contribution is 0.283. The molecule has 0 amide bonds. The van der Waals surface area contributed by atoms with Crippen LogP contribution in [0.15, 0.2) is 24.3 Å². The van der Waals surface area contributed by atoms with Crippen LogP contribution in [-0.2, 0) is 6.42 Å². The molecule has 1 aromatic rings. The van der Waals surface area contributed by atoms with Gasteiger partial charge >= 0.3 is 0 Å². The molecule has 1 atom stereocenters. The minimum absolute atomic E-state index is 0.0997. The first kappa shape index (κ1) is 16.1. The zero-order valence-electron chi connectivity index (χ0n) is 12.5. The van der Waals surface area contributed by atoms with Gasteiger partial charge in [0.2, 0.25) is 0 Å². The van der Waals surface area contributed by atoms with Crippen LogP contribution in [0.5, 0.6) is 0 Å². The van der Waals surface area contributed by atoms with E-state index in [1.54, 1.807) is 6.07 Å². The van der Waals surface area contributed by atoms with Crippen molar-refractivity contribution in [3.8, 4) is 0 Å². The van der Waals surface area contributed by atoms with Crippen LogP contribution >= 0.6 is 0 Å². The van der Waals surface area contributed by atoms with Gasteiger partial charge in [0, 0.05) is 19.1 Å². The predicted molar refractivity (Wildman–Crippen MR) is 80.0 cm³/mol. The molecule has 1 unspecified atom stereocenters.